The van der Waals surface area contributed by atoms with Crippen LogP contribution in [0.3, 0.4) is 0 Å². The third kappa shape index (κ3) is 3.42. The van der Waals surface area contributed by atoms with Gasteiger partial charge in [-0.25, -0.2) is 4.79 Å². The largest absolute Gasteiger partial charge is 0.478 e. The molecule has 0 amide bonds. The zero-order valence-electron chi connectivity index (χ0n) is 9.90. The van der Waals surface area contributed by atoms with Crippen LogP contribution in [0.15, 0.2) is 30.4 Å². The zero-order valence-corrected chi connectivity index (χ0v) is 9.90. The van der Waals surface area contributed by atoms with Gasteiger partial charge in [-0.05, 0) is 37.1 Å². The summed E-state index contributed by atoms with van der Waals surface area (Å²) in [5, 5.41) is 8.47. The van der Waals surface area contributed by atoms with E-state index in [1.54, 1.807) is 6.08 Å². The second kappa shape index (κ2) is 5.35. The summed E-state index contributed by atoms with van der Waals surface area (Å²) in [6.45, 7) is 4.73. The van der Waals surface area contributed by atoms with Gasteiger partial charge < -0.3 is 10.0 Å². The van der Waals surface area contributed by atoms with E-state index in [0.717, 1.165) is 11.8 Å². The van der Waals surface area contributed by atoms with Crippen LogP contribution in [0.4, 0.5) is 5.69 Å². The van der Waals surface area contributed by atoms with Crippen molar-refractivity contribution in [2.75, 3.05) is 18.5 Å². The molecule has 86 valence electrons. The molecule has 0 aliphatic rings. The topological polar surface area (TPSA) is 40.5 Å². The van der Waals surface area contributed by atoms with Crippen LogP contribution in [0.2, 0.25) is 0 Å². The summed E-state index contributed by atoms with van der Waals surface area (Å²) in [6, 6.07) is 6.21. The van der Waals surface area contributed by atoms with Crippen LogP contribution in [-0.2, 0) is 4.79 Å². The van der Waals surface area contributed by atoms with E-state index < -0.39 is 5.97 Å². The van der Waals surface area contributed by atoms with E-state index in [0.29, 0.717) is 6.54 Å². The molecule has 3 nitrogen and oxygen atoms in total. The second-order valence-corrected chi connectivity index (χ2v) is 3.89. The van der Waals surface area contributed by atoms with Crippen LogP contribution < -0.4 is 4.90 Å². The van der Waals surface area contributed by atoms with Gasteiger partial charge >= 0.3 is 5.97 Å². The molecular weight excluding hydrogens is 202 g/mol. The first-order valence-corrected chi connectivity index (χ1v) is 5.18. The van der Waals surface area contributed by atoms with Crippen molar-refractivity contribution >= 4 is 11.7 Å². The number of rotatable bonds is 4. The Hall–Kier alpha value is -1.77. The fraction of sp³-hybridized carbons (Fsp3) is 0.308. The van der Waals surface area contributed by atoms with Gasteiger partial charge in [-0.3, -0.25) is 0 Å². The van der Waals surface area contributed by atoms with Crippen LogP contribution in [0, 0.1) is 13.8 Å². The number of carboxylic acids is 1. The van der Waals surface area contributed by atoms with Crippen LogP contribution in [-0.4, -0.2) is 24.7 Å². The number of aliphatic carboxylic acids is 1. The Bertz CT molecular complexity index is 410. The predicted octanol–water partition coefficient (Wildman–Crippen LogP) is 2.38. The number of benzene rings is 1. The Morgan fingerprint density at radius 2 is 2.06 bits per heavy atom. The van der Waals surface area contributed by atoms with Gasteiger partial charge in [0.15, 0.2) is 0 Å². The lowest BCUT2D eigenvalue weighted by Gasteiger charge is -2.18. The Kier molecular flexibility index (Phi) is 4.11. The highest BCUT2D eigenvalue weighted by molar-refractivity contribution is 5.79. The molecule has 1 N–H and O–H groups in total. The first kappa shape index (κ1) is 12.3. The molecule has 1 rings (SSSR count). The quantitative estimate of drug-likeness (QED) is 0.790. The summed E-state index contributed by atoms with van der Waals surface area (Å²) in [5.41, 5.74) is 3.60. The summed E-state index contributed by atoms with van der Waals surface area (Å²) < 4.78 is 0. The third-order valence-electron chi connectivity index (χ3n) is 2.57. The normalized spacial score (nSPS) is 10.7. The van der Waals surface area contributed by atoms with Crippen LogP contribution in [0.5, 0.6) is 0 Å². The highest BCUT2D eigenvalue weighted by atomic mass is 16.4. The van der Waals surface area contributed by atoms with E-state index in [1.165, 1.54) is 11.1 Å². The monoisotopic (exact) mass is 219 g/mol. The molecule has 16 heavy (non-hydrogen) atoms. The minimum atomic E-state index is -0.909. The molecule has 0 aliphatic carbocycles. The van der Waals surface area contributed by atoms with Gasteiger partial charge in [0.05, 0.1) is 0 Å². The Morgan fingerprint density at radius 1 is 1.38 bits per heavy atom. The zero-order chi connectivity index (χ0) is 12.1. The number of hydrogen-bond donors (Lipinski definition) is 1. The first-order valence-electron chi connectivity index (χ1n) is 5.18. The summed E-state index contributed by atoms with van der Waals surface area (Å²) in [4.78, 5) is 12.3. The lowest BCUT2D eigenvalue weighted by molar-refractivity contribution is -0.131. The third-order valence-corrected chi connectivity index (χ3v) is 2.57. The maximum Gasteiger partial charge on any atom is 0.328 e. The van der Waals surface area contributed by atoms with E-state index >= 15 is 0 Å². The van der Waals surface area contributed by atoms with Crippen LogP contribution in [0.25, 0.3) is 0 Å². The molecule has 0 aliphatic heterocycles. The van der Waals surface area contributed by atoms with Gasteiger partial charge in [0, 0.05) is 25.4 Å². The maximum absolute atomic E-state index is 10.3. The van der Waals surface area contributed by atoms with Gasteiger partial charge in [-0.1, -0.05) is 12.1 Å². The van der Waals surface area contributed by atoms with Crippen molar-refractivity contribution in [3.63, 3.8) is 0 Å². The summed E-state index contributed by atoms with van der Waals surface area (Å²) in [7, 11) is 1.94. The highest BCUT2D eigenvalue weighted by Gasteiger charge is 2.00. The van der Waals surface area contributed by atoms with E-state index in [4.69, 9.17) is 5.11 Å². The average Bonchev–Trinajstić information content (AvgIpc) is 2.21. The Labute approximate surface area is 96.0 Å². The van der Waals surface area contributed by atoms with Crippen LogP contribution >= 0.6 is 0 Å². The SMILES string of the molecule is Cc1ccc(N(C)C/C=C/C(=O)O)cc1C. The van der Waals surface area contributed by atoms with Crippen molar-refractivity contribution < 1.29 is 9.90 Å². The molecule has 1 aromatic rings. The number of carbonyl (C=O) groups is 1. The summed E-state index contributed by atoms with van der Waals surface area (Å²) in [6.07, 6.45) is 2.80. The van der Waals surface area contributed by atoms with Crippen molar-refractivity contribution in [3.05, 3.63) is 41.5 Å². The molecule has 0 fully saturated rings. The van der Waals surface area contributed by atoms with Crippen molar-refractivity contribution in [1.82, 2.24) is 0 Å². The van der Waals surface area contributed by atoms with E-state index in [9.17, 15) is 4.79 Å². The van der Waals surface area contributed by atoms with Gasteiger partial charge in [0.25, 0.3) is 0 Å². The fourth-order valence-corrected chi connectivity index (χ4v) is 1.38. The van der Waals surface area contributed by atoms with Gasteiger partial charge in [0.1, 0.15) is 0 Å². The number of hydrogen-bond acceptors (Lipinski definition) is 2. The summed E-state index contributed by atoms with van der Waals surface area (Å²) >= 11 is 0. The average molecular weight is 219 g/mol. The fourth-order valence-electron chi connectivity index (χ4n) is 1.38. The number of nitrogens with zero attached hydrogens (tertiary/aromatic N) is 1. The first-order chi connectivity index (χ1) is 7.50. The number of carboxylic acid groups (broad SMARTS) is 1. The molecule has 0 radical (unpaired) electrons. The summed E-state index contributed by atoms with van der Waals surface area (Å²) in [5.74, 6) is -0.909. The maximum atomic E-state index is 10.3. The standard InChI is InChI=1S/C13H17NO2/c1-10-6-7-12(9-11(10)2)14(3)8-4-5-13(15)16/h4-7,9H,8H2,1-3H3,(H,15,16)/b5-4+. The number of aryl methyl sites for hydroxylation is 2. The van der Waals surface area contributed by atoms with Crippen molar-refractivity contribution in [1.29, 1.82) is 0 Å². The molecule has 1 aromatic carbocycles. The molecule has 0 saturated carbocycles. The highest BCUT2D eigenvalue weighted by Crippen LogP contribution is 2.17. The molecule has 0 heterocycles. The van der Waals surface area contributed by atoms with E-state index in [1.807, 2.05) is 18.0 Å². The molecule has 0 unspecified atom stereocenters. The van der Waals surface area contributed by atoms with Crippen molar-refractivity contribution in [2.45, 2.75) is 13.8 Å². The Balaban J connectivity index is 2.69. The molecule has 0 bridgehead atoms. The van der Waals surface area contributed by atoms with E-state index in [-0.39, 0.29) is 0 Å². The van der Waals surface area contributed by atoms with Crippen LogP contribution in [0.1, 0.15) is 11.1 Å². The smallest absolute Gasteiger partial charge is 0.328 e. The van der Waals surface area contributed by atoms with E-state index in [2.05, 4.69) is 26.0 Å². The lowest BCUT2D eigenvalue weighted by atomic mass is 10.1. The van der Waals surface area contributed by atoms with Gasteiger partial charge in [-0.15, -0.1) is 0 Å². The molecule has 0 aromatic heterocycles. The minimum absolute atomic E-state index is 0.592. The van der Waals surface area contributed by atoms with Crippen molar-refractivity contribution in [2.24, 2.45) is 0 Å². The second-order valence-electron chi connectivity index (χ2n) is 3.89. The lowest BCUT2D eigenvalue weighted by Crippen LogP contribution is -2.17. The molecule has 0 saturated heterocycles. The van der Waals surface area contributed by atoms with Crippen molar-refractivity contribution in [3.8, 4) is 0 Å². The molecular formula is C13H17NO2. The molecule has 0 atom stereocenters. The molecule has 3 heteroatoms. The number of anilines is 1. The predicted molar refractivity (Wildman–Crippen MR) is 66.0 cm³/mol. The number of likely N-dealkylation sites (N-methyl/N-ethyl adjacent to an activating group) is 1. The van der Waals surface area contributed by atoms with Gasteiger partial charge in [0.2, 0.25) is 0 Å². The van der Waals surface area contributed by atoms with Gasteiger partial charge in [-0.2, -0.15) is 0 Å². The molecule has 0 spiro atoms. The Morgan fingerprint density at radius 3 is 2.62 bits per heavy atom. The minimum Gasteiger partial charge on any atom is -0.478 e.